The summed E-state index contributed by atoms with van der Waals surface area (Å²) in [7, 11) is 0. The van der Waals surface area contributed by atoms with Gasteiger partial charge in [0.15, 0.2) is 5.79 Å². The molecule has 1 aliphatic carbocycles. The standard InChI is InChI=1S/C14H26O2/c1-4-7-14(8-5-2)15-12-9-11(6-3)10-13(12)16-14/h11-13H,4-10H2,1-3H3. The molecule has 0 radical (unpaired) electrons. The second kappa shape index (κ2) is 5.05. The van der Waals surface area contributed by atoms with Crippen molar-refractivity contribution in [3.8, 4) is 0 Å². The number of fused-ring (bicyclic) bond motifs is 1. The molecule has 1 saturated carbocycles. The van der Waals surface area contributed by atoms with Crippen LogP contribution >= 0.6 is 0 Å². The maximum absolute atomic E-state index is 6.26. The molecule has 2 nitrogen and oxygen atoms in total. The molecule has 2 atom stereocenters. The van der Waals surface area contributed by atoms with E-state index in [-0.39, 0.29) is 5.79 Å². The first-order valence-corrected chi connectivity index (χ1v) is 7.08. The highest BCUT2D eigenvalue weighted by molar-refractivity contribution is 4.93. The highest BCUT2D eigenvalue weighted by Crippen LogP contribution is 2.45. The Morgan fingerprint density at radius 2 is 1.44 bits per heavy atom. The van der Waals surface area contributed by atoms with E-state index >= 15 is 0 Å². The number of rotatable bonds is 5. The second-order valence-electron chi connectivity index (χ2n) is 5.47. The van der Waals surface area contributed by atoms with Crippen molar-refractivity contribution in [1.82, 2.24) is 0 Å². The van der Waals surface area contributed by atoms with Crippen LogP contribution in [0.3, 0.4) is 0 Å². The summed E-state index contributed by atoms with van der Waals surface area (Å²) >= 11 is 0. The molecule has 94 valence electrons. The lowest BCUT2D eigenvalue weighted by atomic mass is 10.0. The van der Waals surface area contributed by atoms with Gasteiger partial charge in [0.05, 0.1) is 12.2 Å². The van der Waals surface area contributed by atoms with E-state index in [2.05, 4.69) is 20.8 Å². The monoisotopic (exact) mass is 226 g/mol. The normalized spacial score (nSPS) is 36.6. The van der Waals surface area contributed by atoms with Crippen LogP contribution in [0.4, 0.5) is 0 Å². The minimum Gasteiger partial charge on any atom is -0.344 e. The van der Waals surface area contributed by atoms with Gasteiger partial charge in [0, 0.05) is 12.8 Å². The van der Waals surface area contributed by atoms with Crippen LogP contribution in [0.25, 0.3) is 0 Å². The van der Waals surface area contributed by atoms with Gasteiger partial charge in [-0.1, -0.05) is 40.0 Å². The van der Waals surface area contributed by atoms with Gasteiger partial charge in [-0.05, 0) is 18.8 Å². The van der Waals surface area contributed by atoms with Crippen LogP contribution < -0.4 is 0 Å². The molecular weight excluding hydrogens is 200 g/mol. The predicted molar refractivity (Wildman–Crippen MR) is 65.3 cm³/mol. The summed E-state index contributed by atoms with van der Waals surface area (Å²) in [6.07, 6.45) is 8.91. The molecule has 0 amide bonds. The molecule has 2 aliphatic rings. The van der Waals surface area contributed by atoms with Gasteiger partial charge >= 0.3 is 0 Å². The van der Waals surface area contributed by atoms with Crippen molar-refractivity contribution in [3.63, 3.8) is 0 Å². The second-order valence-corrected chi connectivity index (χ2v) is 5.47. The van der Waals surface area contributed by atoms with E-state index in [1.165, 1.54) is 19.3 Å². The summed E-state index contributed by atoms with van der Waals surface area (Å²) in [5.41, 5.74) is 0. The molecule has 0 aromatic heterocycles. The van der Waals surface area contributed by atoms with Gasteiger partial charge in [-0.25, -0.2) is 0 Å². The Balaban J connectivity index is 1.96. The SMILES string of the molecule is CCCC1(CCC)OC2CC(CC)CC2O1. The van der Waals surface area contributed by atoms with Crippen molar-refractivity contribution < 1.29 is 9.47 Å². The number of hydrogen-bond acceptors (Lipinski definition) is 2. The van der Waals surface area contributed by atoms with Crippen LogP contribution in [0.1, 0.15) is 65.7 Å². The Hall–Kier alpha value is -0.0800. The van der Waals surface area contributed by atoms with Crippen molar-refractivity contribution in [2.75, 3.05) is 0 Å². The first-order valence-electron chi connectivity index (χ1n) is 7.08. The van der Waals surface area contributed by atoms with Gasteiger partial charge < -0.3 is 9.47 Å². The summed E-state index contributed by atoms with van der Waals surface area (Å²) < 4.78 is 12.5. The van der Waals surface area contributed by atoms with Crippen LogP contribution in [-0.2, 0) is 9.47 Å². The quantitative estimate of drug-likeness (QED) is 0.708. The first kappa shape index (κ1) is 12.4. The van der Waals surface area contributed by atoms with Crippen LogP contribution in [0, 0.1) is 5.92 Å². The minimum absolute atomic E-state index is 0.225. The van der Waals surface area contributed by atoms with Crippen LogP contribution in [-0.4, -0.2) is 18.0 Å². The summed E-state index contributed by atoms with van der Waals surface area (Å²) in [6.45, 7) is 6.71. The zero-order valence-electron chi connectivity index (χ0n) is 11.0. The fraction of sp³-hybridized carbons (Fsp3) is 1.00. The van der Waals surface area contributed by atoms with E-state index < -0.39 is 0 Å². The lowest BCUT2D eigenvalue weighted by molar-refractivity contribution is -0.191. The van der Waals surface area contributed by atoms with Crippen LogP contribution in [0.15, 0.2) is 0 Å². The average Bonchev–Trinajstić information content (AvgIpc) is 2.73. The van der Waals surface area contributed by atoms with Crippen molar-refractivity contribution in [2.45, 2.75) is 83.7 Å². The van der Waals surface area contributed by atoms with Crippen molar-refractivity contribution >= 4 is 0 Å². The molecule has 0 bridgehead atoms. The topological polar surface area (TPSA) is 18.5 Å². The molecule has 0 aromatic rings. The molecule has 1 heterocycles. The molecule has 16 heavy (non-hydrogen) atoms. The number of hydrogen-bond donors (Lipinski definition) is 0. The third-order valence-electron chi connectivity index (χ3n) is 4.12. The summed E-state index contributed by atoms with van der Waals surface area (Å²) in [5.74, 6) is 0.605. The third-order valence-corrected chi connectivity index (χ3v) is 4.12. The fourth-order valence-electron chi connectivity index (χ4n) is 3.34. The third kappa shape index (κ3) is 2.28. The molecule has 2 heteroatoms. The molecule has 1 aliphatic heterocycles. The molecule has 0 spiro atoms. The largest absolute Gasteiger partial charge is 0.344 e. The van der Waals surface area contributed by atoms with Gasteiger partial charge in [-0.2, -0.15) is 0 Å². The van der Waals surface area contributed by atoms with Crippen molar-refractivity contribution in [3.05, 3.63) is 0 Å². The van der Waals surface area contributed by atoms with Gasteiger partial charge in [0.2, 0.25) is 0 Å². The fourth-order valence-corrected chi connectivity index (χ4v) is 3.34. The van der Waals surface area contributed by atoms with Crippen LogP contribution in [0.2, 0.25) is 0 Å². The average molecular weight is 226 g/mol. The summed E-state index contributed by atoms with van der Waals surface area (Å²) in [6, 6.07) is 0. The van der Waals surface area contributed by atoms with Gasteiger partial charge in [-0.3, -0.25) is 0 Å². The van der Waals surface area contributed by atoms with Crippen LogP contribution in [0.5, 0.6) is 0 Å². The summed E-state index contributed by atoms with van der Waals surface area (Å²) in [5, 5.41) is 0. The molecule has 0 aromatic carbocycles. The van der Waals surface area contributed by atoms with Crippen molar-refractivity contribution in [2.24, 2.45) is 5.92 Å². The highest BCUT2D eigenvalue weighted by atomic mass is 16.8. The molecule has 2 fully saturated rings. The Bertz CT molecular complexity index is 205. The van der Waals surface area contributed by atoms with E-state index in [0.717, 1.165) is 31.6 Å². The highest BCUT2D eigenvalue weighted by Gasteiger charge is 2.50. The molecule has 0 N–H and O–H groups in total. The van der Waals surface area contributed by atoms with Gasteiger partial charge in [-0.15, -0.1) is 0 Å². The van der Waals surface area contributed by atoms with Gasteiger partial charge in [0.1, 0.15) is 0 Å². The number of ether oxygens (including phenoxy) is 2. The lowest BCUT2D eigenvalue weighted by Gasteiger charge is -2.29. The molecule has 2 unspecified atom stereocenters. The first-order chi connectivity index (χ1) is 7.73. The Labute approximate surface area is 99.7 Å². The Kier molecular flexibility index (Phi) is 3.91. The maximum Gasteiger partial charge on any atom is 0.169 e. The Morgan fingerprint density at radius 3 is 1.81 bits per heavy atom. The van der Waals surface area contributed by atoms with E-state index in [0.29, 0.717) is 12.2 Å². The predicted octanol–water partition coefficient (Wildman–Crippen LogP) is 3.89. The maximum atomic E-state index is 6.26. The zero-order valence-corrected chi connectivity index (χ0v) is 11.0. The molecular formula is C14H26O2. The molecule has 2 rings (SSSR count). The van der Waals surface area contributed by atoms with E-state index in [4.69, 9.17) is 9.47 Å². The Morgan fingerprint density at radius 1 is 0.938 bits per heavy atom. The van der Waals surface area contributed by atoms with E-state index in [1.807, 2.05) is 0 Å². The smallest absolute Gasteiger partial charge is 0.169 e. The van der Waals surface area contributed by atoms with Gasteiger partial charge in [0.25, 0.3) is 0 Å². The molecule has 1 saturated heterocycles. The lowest BCUT2D eigenvalue weighted by Crippen LogP contribution is -2.31. The zero-order chi connectivity index (χ0) is 11.6. The van der Waals surface area contributed by atoms with E-state index in [9.17, 15) is 0 Å². The van der Waals surface area contributed by atoms with E-state index in [1.54, 1.807) is 0 Å². The van der Waals surface area contributed by atoms with Crippen molar-refractivity contribution in [1.29, 1.82) is 0 Å². The minimum atomic E-state index is -0.225. The summed E-state index contributed by atoms with van der Waals surface area (Å²) in [4.78, 5) is 0.